The Bertz CT molecular complexity index is 1090. The van der Waals surface area contributed by atoms with E-state index in [2.05, 4.69) is 58.2 Å². The third-order valence-corrected chi connectivity index (χ3v) is 6.61. The van der Waals surface area contributed by atoms with Gasteiger partial charge in [-0.05, 0) is 76.1 Å². The number of aliphatic carboxylic acids is 1. The van der Waals surface area contributed by atoms with Crippen molar-refractivity contribution in [2.24, 2.45) is 0 Å². The van der Waals surface area contributed by atoms with Gasteiger partial charge < -0.3 is 9.84 Å². The Hall–Kier alpha value is -2.70. The van der Waals surface area contributed by atoms with Crippen LogP contribution in [0.25, 0.3) is 11.1 Å². The summed E-state index contributed by atoms with van der Waals surface area (Å²) in [6.45, 7) is 3.90. The Morgan fingerprint density at radius 1 is 1.19 bits per heavy atom. The maximum atomic E-state index is 11.6. The summed E-state index contributed by atoms with van der Waals surface area (Å²) in [5.41, 5.74) is 5.66. The van der Waals surface area contributed by atoms with Gasteiger partial charge in [0.15, 0.2) is 0 Å². The van der Waals surface area contributed by atoms with Gasteiger partial charge in [0.1, 0.15) is 12.6 Å². The molecule has 0 saturated carbocycles. The molecule has 1 aromatic heterocycles. The summed E-state index contributed by atoms with van der Waals surface area (Å²) in [7, 11) is 0. The minimum Gasteiger partial charge on any atom is -0.480 e. The number of carbonyl (C=O) groups is 1. The zero-order valence-electron chi connectivity index (χ0n) is 18.1. The lowest BCUT2D eigenvalue weighted by Gasteiger charge is -2.32. The molecule has 0 amide bonds. The summed E-state index contributed by atoms with van der Waals surface area (Å²) in [5.74, 6) is -0.212. The summed E-state index contributed by atoms with van der Waals surface area (Å²) in [5, 5.41) is 9.49. The van der Waals surface area contributed by atoms with Crippen molar-refractivity contribution in [3.8, 4) is 17.0 Å². The molecular formula is C26H27BrN2O3. The molecule has 1 atom stereocenters. The highest BCUT2D eigenvalue weighted by atomic mass is 79.9. The van der Waals surface area contributed by atoms with Crippen LogP contribution in [0.5, 0.6) is 5.88 Å². The Labute approximate surface area is 197 Å². The fourth-order valence-electron chi connectivity index (χ4n) is 4.27. The van der Waals surface area contributed by atoms with Crippen LogP contribution in [0.15, 0.2) is 65.3 Å². The van der Waals surface area contributed by atoms with Crippen LogP contribution in [0.4, 0.5) is 0 Å². The second-order valence-electron chi connectivity index (χ2n) is 8.20. The highest BCUT2D eigenvalue weighted by Gasteiger charge is 2.28. The SMILES string of the molecule is Cc1c(COc2ncc(CN3CCCCC3C(=O)O)cc2Br)cccc1-c1ccccc1. The number of rotatable bonds is 7. The van der Waals surface area contributed by atoms with Crippen LogP contribution in [-0.2, 0) is 17.9 Å². The largest absolute Gasteiger partial charge is 0.480 e. The standard InChI is InChI=1S/C26H27BrN2O3/c1-18-21(10-7-11-22(18)20-8-3-2-4-9-20)17-32-25-23(27)14-19(15-28-25)16-29-13-6-5-12-24(29)26(30)31/h2-4,7-11,14-15,24H,5-6,12-13,16-17H2,1H3,(H,30,31). The summed E-state index contributed by atoms with van der Waals surface area (Å²) in [4.78, 5) is 18.1. The van der Waals surface area contributed by atoms with Gasteiger partial charge in [0.05, 0.1) is 4.47 Å². The molecule has 0 radical (unpaired) electrons. The van der Waals surface area contributed by atoms with Gasteiger partial charge in [-0.25, -0.2) is 4.98 Å². The minimum absolute atomic E-state index is 0.418. The van der Waals surface area contributed by atoms with Gasteiger partial charge in [0.2, 0.25) is 5.88 Å². The molecule has 6 heteroatoms. The number of benzene rings is 2. The van der Waals surface area contributed by atoms with Gasteiger partial charge >= 0.3 is 5.97 Å². The predicted molar refractivity (Wildman–Crippen MR) is 129 cm³/mol. The number of hydrogen-bond donors (Lipinski definition) is 1. The van der Waals surface area contributed by atoms with Crippen LogP contribution in [0.2, 0.25) is 0 Å². The molecule has 3 aromatic rings. The van der Waals surface area contributed by atoms with Crippen molar-refractivity contribution >= 4 is 21.9 Å². The van der Waals surface area contributed by atoms with E-state index >= 15 is 0 Å². The molecule has 4 rings (SSSR count). The minimum atomic E-state index is -0.746. The molecule has 0 bridgehead atoms. The normalized spacial score (nSPS) is 16.6. The molecule has 166 valence electrons. The van der Waals surface area contributed by atoms with Gasteiger partial charge in [0.25, 0.3) is 0 Å². The number of carboxylic acids is 1. The third-order valence-electron chi connectivity index (χ3n) is 6.04. The molecular weight excluding hydrogens is 468 g/mol. The lowest BCUT2D eigenvalue weighted by molar-refractivity contribution is -0.144. The average Bonchev–Trinajstić information content (AvgIpc) is 2.80. The quantitative estimate of drug-likeness (QED) is 0.447. The highest BCUT2D eigenvalue weighted by molar-refractivity contribution is 9.10. The van der Waals surface area contributed by atoms with Crippen molar-refractivity contribution in [3.05, 3.63) is 82.0 Å². The van der Waals surface area contributed by atoms with Gasteiger partial charge in [-0.2, -0.15) is 0 Å². The Balaban J connectivity index is 1.44. The van der Waals surface area contributed by atoms with Gasteiger partial charge in [0, 0.05) is 12.7 Å². The number of halogens is 1. The van der Waals surface area contributed by atoms with Crippen molar-refractivity contribution in [1.29, 1.82) is 0 Å². The first kappa shape index (κ1) is 22.5. The van der Waals surface area contributed by atoms with E-state index in [1.807, 2.05) is 29.2 Å². The molecule has 0 spiro atoms. The number of nitrogens with zero attached hydrogens (tertiary/aromatic N) is 2. The Morgan fingerprint density at radius 2 is 2.00 bits per heavy atom. The van der Waals surface area contributed by atoms with Gasteiger partial charge in [-0.3, -0.25) is 9.69 Å². The lowest BCUT2D eigenvalue weighted by atomic mass is 9.97. The number of pyridine rings is 1. The lowest BCUT2D eigenvalue weighted by Crippen LogP contribution is -2.44. The Kier molecular flexibility index (Phi) is 7.22. The molecule has 1 fully saturated rings. The van der Waals surface area contributed by atoms with E-state index in [0.29, 0.717) is 25.5 Å². The summed E-state index contributed by atoms with van der Waals surface area (Å²) in [6.07, 6.45) is 4.47. The maximum absolute atomic E-state index is 11.6. The average molecular weight is 495 g/mol. The fraction of sp³-hybridized carbons (Fsp3) is 0.308. The number of likely N-dealkylation sites (tertiary alicyclic amines) is 1. The van der Waals surface area contributed by atoms with Crippen LogP contribution in [0.1, 0.15) is 36.0 Å². The van der Waals surface area contributed by atoms with Crippen LogP contribution >= 0.6 is 15.9 Å². The molecule has 5 nitrogen and oxygen atoms in total. The number of hydrogen-bond acceptors (Lipinski definition) is 4. The number of piperidine rings is 1. The van der Waals surface area contributed by atoms with E-state index in [-0.39, 0.29) is 0 Å². The van der Waals surface area contributed by atoms with Crippen molar-refractivity contribution in [3.63, 3.8) is 0 Å². The van der Waals surface area contributed by atoms with Crippen LogP contribution in [-0.4, -0.2) is 33.5 Å². The molecule has 1 N–H and O–H groups in total. The predicted octanol–water partition coefficient (Wildman–Crippen LogP) is 5.84. The number of ether oxygens (including phenoxy) is 1. The summed E-state index contributed by atoms with van der Waals surface area (Å²) < 4.78 is 6.81. The monoisotopic (exact) mass is 494 g/mol. The van der Waals surface area contributed by atoms with E-state index < -0.39 is 12.0 Å². The molecule has 0 aliphatic carbocycles. The first-order valence-electron chi connectivity index (χ1n) is 10.9. The van der Waals surface area contributed by atoms with Crippen LogP contribution < -0.4 is 4.74 Å². The van der Waals surface area contributed by atoms with E-state index in [1.165, 1.54) is 16.7 Å². The third kappa shape index (κ3) is 5.19. The summed E-state index contributed by atoms with van der Waals surface area (Å²) in [6, 6.07) is 18.1. The van der Waals surface area contributed by atoms with Crippen LogP contribution in [0, 0.1) is 6.92 Å². The van der Waals surface area contributed by atoms with E-state index in [9.17, 15) is 9.90 Å². The highest BCUT2D eigenvalue weighted by Crippen LogP contribution is 2.29. The van der Waals surface area contributed by atoms with Crippen molar-refractivity contribution < 1.29 is 14.6 Å². The first-order valence-corrected chi connectivity index (χ1v) is 11.7. The zero-order chi connectivity index (χ0) is 22.5. The topological polar surface area (TPSA) is 62.7 Å². The molecule has 1 saturated heterocycles. The van der Waals surface area contributed by atoms with E-state index in [1.54, 1.807) is 6.20 Å². The van der Waals surface area contributed by atoms with E-state index in [4.69, 9.17) is 4.74 Å². The number of aromatic nitrogens is 1. The smallest absolute Gasteiger partial charge is 0.320 e. The molecule has 1 unspecified atom stereocenters. The molecule has 1 aliphatic heterocycles. The Morgan fingerprint density at radius 3 is 2.75 bits per heavy atom. The number of carboxylic acid groups (broad SMARTS) is 1. The van der Waals surface area contributed by atoms with Crippen molar-refractivity contribution in [1.82, 2.24) is 9.88 Å². The molecule has 2 heterocycles. The summed E-state index contributed by atoms with van der Waals surface area (Å²) >= 11 is 3.58. The second-order valence-corrected chi connectivity index (χ2v) is 9.05. The first-order chi connectivity index (χ1) is 15.5. The molecule has 32 heavy (non-hydrogen) atoms. The van der Waals surface area contributed by atoms with Crippen molar-refractivity contribution in [2.45, 2.75) is 45.4 Å². The van der Waals surface area contributed by atoms with Gasteiger partial charge in [-0.15, -0.1) is 0 Å². The fourth-order valence-corrected chi connectivity index (χ4v) is 4.78. The van der Waals surface area contributed by atoms with E-state index in [0.717, 1.165) is 35.0 Å². The maximum Gasteiger partial charge on any atom is 0.320 e. The molecule has 2 aromatic carbocycles. The second kappa shape index (κ2) is 10.3. The zero-order valence-corrected chi connectivity index (χ0v) is 19.7. The van der Waals surface area contributed by atoms with Crippen molar-refractivity contribution in [2.75, 3.05) is 6.54 Å². The van der Waals surface area contributed by atoms with Crippen LogP contribution in [0.3, 0.4) is 0 Å². The molecule has 1 aliphatic rings. The van der Waals surface area contributed by atoms with Gasteiger partial charge in [-0.1, -0.05) is 55.0 Å².